The summed E-state index contributed by atoms with van der Waals surface area (Å²) < 4.78 is 0. The number of hydrogen-bond acceptors (Lipinski definition) is 3. The molecule has 3 nitrogen and oxygen atoms in total. The lowest BCUT2D eigenvalue weighted by Crippen LogP contribution is -2.10. The van der Waals surface area contributed by atoms with Crippen LogP contribution < -0.4 is 5.32 Å². The maximum Gasteiger partial charge on any atom is 0.0777 e. The highest BCUT2D eigenvalue weighted by Gasteiger charge is 2.12. The number of hydrogen-bond donors (Lipinski definition) is 1. The number of aromatic nitrogens is 2. The van der Waals surface area contributed by atoms with Crippen molar-refractivity contribution in [3.8, 4) is 0 Å². The van der Waals surface area contributed by atoms with E-state index in [-0.39, 0.29) is 5.41 Å². The van der Waals surface area contributed by atoms with Crippen LogP contribution in [0.4, 0.5) is 5.69 Å². The van der Waals surface area contributed by atoms with E-state index in [4.69, 9.17) is 0 Å². The summed E-state index contributed by atoms with van der Waals surface area (Å²) in [6.45, 7) is 7.35. The Hall–Kier alpha value is -1.90. The predicted molar refractivity (Wildman–Crippen MR) is 74.5 cm³/mol. The van der Waals surface area contributed by atoms with Gasteiger partial charge >= 0.3 is 0 Å². The fraction of sp³-hybridized carbons (Fsp3) is 0.333. The molecule has 1 aromatic heterocycles. The van der Waals surface area contributed by atoms with Crippen molar-refractivity contribution in [2.24, 2.45) is 0 Å². The average Bonchev–Trinajstić information content (AvgIpc) is 2.37. The zero-order chi connectivity index (χ0) is 13.0. The summed E-state index contributed by atoms with van der Waals surface area (Å²) >= 11 is 0. The van der Waals surface area contributed by atoms with Crippen molar-refractivity contribution in [3.63, 3.8) is 0 Å². The first-order chi connectivity index (χ1) is 8.55. The standard InChI is InChI=1S/C15H19N3/c1-15(2,3)12-4-6-13(7-5-12)18-11-14-10-16-8-9-17-14/h4-10,18H,11H2,1-3H3. The zero-order valence-electron chi connectivity index (χ0n) is 11.1. The Balaban J connectivity index is 1.99. The Kier molecular flexibility index (Phi) is 3.60. The molecule has 0 atom stereocenters. The Labute approximate surface area is 108 Å². The molecule has 0 unspecified atom stereocenters. The van der Waals surface area contributed by atoms with Crippen LogP contribution in [0.5, 0.6) is 0 Å². The van der Waals surface area contributed by atoms with Gasteiger partial charge in [0, 0.05) is 18.1 Å². The highest BCUT2D eigenvalue weighted by atomic mass is 14.9. The van der Waals surface area contributed by atoms with Crippen molar-refractivity contribution in [2.75, 3.05) is 5.32 Å². The molecule has 0 aliphatic heterocycles. The second-order valence-electron chi connectivity index (χ2n) is 5.38. The summed E-state index contributed by atoms with van der Waals surface area (Å²) in [7, 11) is 0. The molecule has 0 bridgehead atoms. The van der Waals surface area contributed by atoms with E-state index in [2.05, 4.69) is 60.3 Å². The molecule has 0 aliphatic carbocycles. The highest BCUT2D eigenvalue weighted by Crippen LogP contribution is 2.23. The second kappa shape index (κ2) is 5.17. The largest absolute Gasteiger partial charge is 0.379 e. The molecule has 0 fully saturated rings. The summed E-state index contributed by atoms with van der Waals surface area (Å²) in [5.41, 5.74) is 3.59. The molecule has 0 spiro atoms. The van der Waals surface area contributed by atoms with Gasteiger partial charge in [-0.15, -0.1) is 0 Å². The van der Waals surface area contributed by atoms with Crippen LogP contribution in [-0.4, -0.2) is 9.97 Å². The number of nitrogens with zero attached hydrogens (tertiary/aromatic N) is 2. The van der Waals surface area contributed by atoms with Crippen LogP contribution in [0.3, 0.4) is 0 Å². The van der Waals surface area contributed by atoms with Crippen molar-refractivity contribution in [3.05, 3.63) is 54.1 Å². The Morgan fingerprint density at radius 1 is 1.06 bits per heavy atom. The molecule has 1 aromatic carbocycles. The van der Waals surface area contributed by atoms with Crippen LogP contribution in [0.25, 0.3) is 0 Å². The van der Waals surface area contributed by atoms with Crippen molar-refractivity contribution in [1.82, 2.24) is 9.97 Å². The molecular formula is C15H19N3. The third-order valence-electron chi connectivity index (χ3n) is 2.84. The van der Waals surface area contributed by atoms with E-state index in [1.807, 2.05) is 0 Å². The Bertz CT molecular complexity index is 483. The predicted octanol–water partition coefficient (Wildman–Crippen LogP) is 3.39. The zero-order valence-corrected chi connectivity index (χ0v) is 11.1. The lowest BCUT2D eigenvalue weighted by molar-refractivity contribution is 0.590. The number of benzene rings is 1. The van der Waals surface area contributed by atoms with Gasteiger partial charge in [0.05, 0.1) is 18.4 Å². The molecule has 0 saturated heterocycles. The SMILES string of the molecule is CC(C)(C)c1ccc(NCc2cnccn2)cc1. The van der Waals surface area contributed by atoms with Crippen molar-refractivity contribution in [2.45, 2.75) is 32.7 Å². The molecule has 2 rings (SSSR count). The Morgan fingerprint density at radius 2 is 1.78 bits per heavy atom. The molecule has 3 heteroatoms. The smallest absolute Gasteiger partial charge is 0.0777 e. The third kappa shape index (κ3) is 3.29. The van der Waals surface area contributed by atoms with Crippen LogP contribution in [0, 0.1) is 0 Å². The maximum absolute atomic E-state index is 4.23. The van der Waals surface area contributed by atoms with Crippen LogP contribution in [0.15, 0.2) is 42.9 Å². The molecule has 1 N–H and O–H groups in total. The molecular weight excluding hydrogens is 222 g/mol. The van der Waals surface area contributed by atoms with Gasteiger partial charge in [0.15, 0.2) is 0 Å². The molecule has 18 heavy (non-hydrogen) atoms. The first-order valence-electron chi connectivity index (χ1n) is 6.15. The fourth-order valence-electron chi connectivity index (χ4n) is 1.70. The van der Waals surface area contributed by atoms with Gasteiger partial charge in [-0.3, -0.25) is 9.97 Å². The van der Waals surface area contributed by atoms with Crippen molar-refractivity contribution in [1.29, 1.82) is 0 Å². The van der Waals surface area contributed by atoms with Crippen LogP contribution in [0.2, 0.25) is 0 Å². The third-order valence-corrected chi connectivity index (χ3v) is 2.84. The monoisotopic (exact) mass is 241 g/mol. The molecule has 2 aromatic rings. The van der Waals surface area contributed by atoms with Gasteiger partial charge in [-0.2, -0.15) is 0 Å². The highest BCUT2D eigenvalue weighted by molar-refractivity contribution is 5.45. The summed E-state index contributed by atoms with van der Waals surface area (Å²) in [5.74, 6) is 0. The van der Waals surface area contributed by atoms with E-state index in [9.17, 15) is 0 Å². The van der Waals surface area contributed by atoms with Gasteiger partial charge in [0.1, 0.15) is 0 Å². The lowest BCUT2D eigenvalue weighted by Gasteiger charge is -2.19. The van der Waals surface area contributed by atoms with Crippen LogP contribution in [-0.2, 0) is 12.0 Å². The summed E-state index contributed by atoms with van der Waals surface area (Å²) in [4.78, 5) is 8.27. The van der Waals surface area contributed by atoms with E-state index < -0.39 is 0 Å². The summed E-state index contributed by atoms with van der Waals surface area (Å²) in [6, 6.07) is 8.55. The molecule has 0 radical (unpaired) electrons. The van der Waals surface area contributed by atoms with Gasteiger partial charge in [0.25, 0.3) is 0 Å². The first-order valence-corrected chi connectivity index (χ1v) is 6.15. The van der Waals surface area contributed by atoms with Crippen molar-refractivity contribution < 1.29 is 0 Å². The van der Waals surface area contributed by atoms with E-state index in [1.54, 1.807) is 18.6 Å². The lowest BCUT2D eigenvalue weighted by atomic mass is 9.87. The van der Waals surface area contributed by atoms with Crippen LogP contribution in [0.1, 0.15) is 32.0 Å². The van der Waals surface area contributed by atoms with Crippen molar-refractivity contribution >= 4 is 5.69 Å². The van der Waals surface area contributed by atoms with E-state index in [0.29, 0.717) is 6.54 Å². The number of nitrogens with one attached hydrogen (secondary N) is 1. The summed E-state index contributed by atoms with van der Waals surface area (Å²) in [5, 5.41) is 3.34. The minimum atomic E-state index is 0.198. The minimum absolute atomic E-state index is 0.198. The quantitative estimate of drug-likeness (QED) is 0.895. The topological polar surface area (TPSA) is 37.8 Å². The number of rotatable bonds is 3. The molecule has 0 saturated carbocycles. The van der Waals surface area contributed by atoms with Crippen LogP contribution >= 0.6 is 0 Å². The average molecular weight is 241 g/mol. The van der Waals surface area contributed by atoms with Gasteiger partial charge in [-0.1, -0.05) is 32.9 Å². The van der Waals surface area contributed by atoms with Gasteiger partial charge < -0.3 is 5.32 Å². The van der Waals surface area contributed by atoms with Gasteiger partial charge in [0.2, 0.25) is 0 Å². The fourth-order valence-corrected chi connectivity index (χ4v) is 1.70. The van der Waals surface area contributed by atoms with Gasteiger partial charge in [-0.25, -0.2) is 0 Å². The molecule has 94 valence electrons. The van der Waals surface area contributed by atoms with E-state index in [1.165, 1.54) is 5.56 Å². The second-order valence-corrected chi connectivity index (χ2v) is 5.38. The number of anilines is 1. The minimum Gasteiger partial charge on any atom is -0.379 e. The molecule has 1 heterocycles. The van der Waals surface area contributed by atoms with E-state index in [0.717, 1.165) is 11.4 Å². The molecule has 0 amide bonds. The normalized spacial score (nSPS) is 11.3. The van der Waals surface area contributed by atoms with E-state index >= 15 is 0 Å². The Morgan fingerprint density at radius 3 is 2.33 bits per heavy atom. The van der Waals surface area contributed by atoms with Gasteiger partial charge in [-0.05, 0) is 23.1 Å². The molecule has 0 aliphatic rings. The summed E-state index contributed by atoms with van der Waals surface area (Å²) in [6.07, 6.45) is 5.16. The maximum atomic E-state index is 4.23. The first kappa shape index (κ1) is 12.6.